The number of hydrogen-bond acceptors (Lipinski definition) is 6. The molecule has 1 aromatic carbocycles. The number of nitrogens with two attached hydrogens (primary N) is 1. The second kappa shape index (κ2) is 5.81. The second-order valence-electron chi connectivity index (χ2n) is 7.50. The number of benzene rings is 1. The molecule has 2 N–H and O–H groups in total. The zero-order chi connectivity index (χ0) is 18.6. The number of amides is 1. The number of ether oxygens (including phenoxy) is 2. The van der Waals surface area contributed by atoms with Crippen molar-refractivity contribution in [1.29, 1.82) is 0 Å². The van der Waals surface area contributed by atoms with Crippen molar-refractivity contribution in [3.63, 3.8) is 0 Å². The van der Waals surface area contributed by atoms with E-state index in [1.54, 1.807) is 18.4 Å². The smallest absolute Gasteiger partial charge is 0.261 e. The number of nitrogens with zero attached hydrogens (tertiary/aromatic N) is 2. The summed E-state index contributed by atoms with van der Waals surface area (Å²) < 4.78 is 12.2. The van der Waals surface area contributed by atoms with Crippen molar-refractivity contribution < 1.29 is 14.3 Å². The first-order valence-corrected chi connectivity index (χ1v) is 10.00. The van der Waals surface area contributed by atoms with Crippen molar-refractivity contribution in [2.45, 2.75) is 30.4 Å². The van der Waals surface area contributed by atoms with E-state index in [4.69, 9.17) is 20.2 Å². The molecule has 0 bridgehead atoms. The number of carbonyl (C=O) groups is 1. The van der Waals surface area contributed by atoms with Gasteiger partial charge in [-0.25, -0.2) is 4.99 Å². The monoisotopic (exact) mass is 383 g/mol. The number of aliphatic imine (C=N–C) groups is 1. The largest absolute Gasteiger partial charge is 0.484 e. The molecule has 1 saturated heterocycles. The van der Waals surface area contributed by atoms with Gasteiger partial charge in [0, 0.05) is 30.5 Å². The van der Waals surface area contributed by atoms with Gasteiger partial charge in [-0.3, -0.25) is 9.69 Å². The average Bonchev–Trinajstić information content (AvgIpc) is 3.27. The van der Waals surface area contributed by atoms with Crippen LogP contribution in [-0.4, -0.2) is 42.6 Å². The number of fused-ring (bicyclic) bond motifs is 2. The van der Waals surface area contributed by atoms with E-state index in [-0.39, 0.29) is 11.9 Å². The van der Waals surface area contributed by atoms with Crippen LogP contribution in [-0.2, 0) is 15.1 Å². The normalized spacial score (nSPS) is 29.7. The molecule has 5 rings (SSSR count). The van der Waals surface area contributed by atoms with Gasteiger partial charge >= 0.3 is 0 Å². The van der Waals surface area contributed by atoms with Crippen LogP contribution in [0, 0.1) is 0 Å². The molecule has 1 amide bonds. The molecule has 27 heavy (non-hydrogen) atoms. The fourth-order valence-corrected chi connectivity index (χ4v) is 5.13. The third kappa shape index (κ3) is 2.41. The first-order valence-electron chi connectivity index (χ1n) is 9.12. The Bertz CT molecular complexity index is 934. The van der Waals surface area contributed by atoms with E-state index >= 15 is 0 Å². The van der Waals surface area contributed by atoms with Crippen molar-refractivity contribution in [2.75, 3.05) is 20.3 Å². The molecule has 7 heteroatoms. The molecule has 0 saturated carbocycles. The highest BCUT2D eigenvalue weighted by Gasteiger charge is 2.58. The van der Waals surface area contributed by atoms with Gasteiger partial charge in [-0.2, -0.15) is 0 Å². The van der Waals surface area contributed by atoms with E-state index in [0.29, 0.717) is 18.8 Å². The van der Waals surface area contributed by atoms with Crippen LogP contribution in [0.15, 0.2) is 40.7 Å². The number of rotatable bonds is 1. The standard InChI is InChI=1S/C20H21N3O3S/c1-23-17(24)20(22-18(23)21)11-19(7-3-8-25-12-19)26-15-6-5-13(10-14(15)20)16-4-2-9-27-16/h2,4-6,9-10H,3,7-8,11-12H2,1H3,(H2,21,22). The number of carbonyl (C=O) groups excluding carboxylic acids is 1. The first kappa shape index (κ1) is 16.8. The van der Waals surface area contributed by atoms with Gasteiger partial charge in [0.2, 0.25) is 0 Å². The van der Waals surface area contributed by atoms with Crippen LogP contribution in [0.25, 0.3) is 10.4 Å². The van der Waals surface area contributed by atoms with Gasteiger partial charge in [0.15, 0.2) is 11.5 Å². The quantitative estimate of drug-likeness (QED) is 0.821. The molecule has 0 radical (unpaired) electrons. The summed E-state index contributed by atoms with van der Waals surface area (Å²) >= 11 is 1.66. The molecule has 1 fully saturated rings. The van der Waals surface area contributed by atoms with Crippen LogP contribution in [0.4, 0.5) is 0 Å². The fourth-order valence-electron chi connectivity index (χ4n) is 4.41. The minimum Gasteiger partial charge on any atom is -0.484 e. The van der Waals surface area contributed by atoms with Crippen molar-refractivity contribution in [2.24, 2.45) is 10.7 Å². The van der Waals surface area contributed by atoms with Crippen LogP contribution in [0.1, 0.15) is 24.8 Å². The maximum Gasteiger partial charge on any atom is 0.261 e. The summed E-state index contributed by atoms with van der Waals surface area (Å²) in [7, 11) is 1.68. The molecule has 2 unspecified atom stereocenters. The summed E-state index contributed by atoms with van der Waals surface area (Å²) in [5.41, 5.74) is 6.33. The van der Waals surface area contributed by atoms with Crippen molar-refractivity contribution in [3.8, 4) is 16.2 Å². The molecule has 2 aromatic rings. The lowest BCUT2D eigenvalue weighted by molar-refractivity contribution is -0.139. The lowest BCUT2D eigenvalue weighted by Gasteiger charge is -2.46. The Hall–Kier alpha value is -2.38. The Morgan fingerprint density at radius 1 is 1.33 bits per heavy atom. The highest BCUT2D eigenvalue weighted by atomic mass is 32.1. The summed E-state index contributed by atoms with van der Waals surface area (Å²) in [5.74, 6) is 0.853. The Labute approximate surface area is 161 Å². The molecular formula is C20H21N3O3S. The second-order valence-corrected chi connectivity index (χ2v) is 8.45. The maximum atomic E-state index is 13.3. The molecule has 4 heterocycles. The molecule has 1 aromatic heterocycles. The zero-order valence-corrected chi connectivity index (χ0v) is 15.9. The van der Waals surface area contributed by atoms with E-state index in [1.807, 2.05) is 29.6 Å². The average molecular weight is 383 g/mol. The topological polar surface area (TPSA) is 77.2 Å². The van der Waals surface area contributed by atoms with Gasteiger partial charge in [-0.15, -0.1) is 11.3 Å². The number of hydrogen-bond donors (Lipinski definition) is 1. The van der Waals surface area contributed by atoms with Crippen molar-refractivity contribution >= 4 is 23.2 Å². The van der Waals surface area contributed by atoms with Crippen LogP contribution in [0.5, 0.6) is 5.75 Å². The van der Waals surface area contributed by atoms with Crippen LogP contribution in [0.3, 0.4) is 0 Å². The fraction of sp³-hybridized carbons (Fsp3) is 0.400. The van der Waals surface area contributed by atoms with Gasteiger partial charge in [0.05, 0.1) is 6.61 Å². The van der Waals surface area contributed by atoms with Crippen molar-refractivity contribution in [1.82, 2.24) is 4.90 Å². The Kier molecular flexibility index (Phi) is 3.61. The summed E-state index contributed by atoms with van der Waals surface area (Å²) in [6.45, 7) is 1.19. The highest BCUT2D eigenvalue weighted by Crippen LogP contribution is 2.51. The lowest BCUT2D eigenvalue weighted by Crippen LogP contribution is -2.55. The van der Waals surface area contributed by atoms with Gasteiger partial charge < -0.3 is 15.2 Å². The van der Waals surface area contributed by atoms with E-state index in [2.05, 4.69) is 6.07 Å². The van der Waals surface area contributed by atoms with Crippen LogP contribution in [0.2, 0.25) is 0 Å². The zero-order valence-electron chi connectivity index (χ0n) is 15.1. The summed E-state index contributed by atoms with van der Waals surface area (Å²) in [5, 5.41) is 2.04. The number of guanidine groups is 1. The minimum atomic E-state index is -1.04. The van der Waals surface area contributed by atoms with Crippen molar-refractivity contribution in [3.05, 3.63) is 41.3 Å². The van der Waals surface area contributed by atoms with Crippen LogP contribution >= 0.6 is 11.3 Å². The third-order valence-electron chi connectivity index (χ3n) is 5.73. The minimum absolute atomic E-state index is 0.0992. The maximum absolute atomic E-state index is 13.3. The molecule has 2 spiro atoms. The summed E-state index contributed by atoms with van der Waals surface area (Å²) in [6.07, 6.45) is 2.19. The van der Waals surface area contributed by atoms with E-state index in [1.165, 1.54) is 4.90 Å². The molecule has 3 aliphatic rings. The van der Waals surface area contributed by atoms with E-state index < -0.39 is 11.1 Å². The highest BCUT2D eigenvalue weighted by molar-refractivity contribution is 7.13. The number of thiophene rings is 1. The van der Waals surface area contributed by atoms with Gasteiger partial charge in [-0.1, -0.05) is 6.07 Å². The lowest BCUT2D eigenvalue weighted by atomic mass is 9.74. The molecule has 6 nitrogen and oxygen atoms in total. The Morgan fingerprint density at radius 3 is 2.89 bits per heavy atom. The molecule has 3 aliphatic heterocycles. The van der Waals surface area contributed by atoms with Gasteiger partial charge in [-0.05, 0) is 48.1 Å². The number of likely N-dealkylation sites (N-methyl/N-ethyl adjacent to an activating group) is 1. The molecule has 140 valence electrons. The summed E-state index contributed by atoms with van der Waals surface area (Å²) in [4.78, 5) is 20.6. The Morgan fingerprint density at radius 2 is 2.22 bits per heavy atom. The summed E-state index contributed by atoms with van der Waals surface area (Å²) in [6, 6.07) is 10.1. The molecular weight excluding hydrogens is 362 g/mol. The van der Waals surface area contributed by atoms with E-state index in [0.717, 1.165) is 35.5 Å². The SMILES string of the molecule is CN1C(=O)C2(CC3(CCCOC3)Oc3ccc(-c4cccs4)cc32)N=C1N. The third-order valence-corrected chi connectivity index (χ3v) is 6.65. The van der Waals surface area contributed by atoms with Crippen LogP contribution < -0.4 is 10.5 Å². The molecule has 0 aliphatic carbocycles. The predicted octanol–water partition coefficient (Wildman–Crippen LogP) is 2.73. The Balaban J connectivity index is 1.70. The van der Waals surface area contributed by atoms with E-state index in [9.17, 15) is 4.79 Å². The first-order chi connectivity index (χ1) is 13.0. The predicted molar refractivity (Wildman–Crippen MR) is 104 cm³/mol. The van der Waals surface area contributed by atoms with Gasteiger partial charge in [0.25, 0.3) is 5.91 Å². The molecule has 2 atom stereocenters. The van der Waals surface area contributed by atoms with Gasteiger partial charge in [0.1, 0.15) is 11.4 Å².